The maximum atomic E-state index is 12.9. The molecule has 1 amide bonds. The molecule has 3 heterocycles. The van der Waals surface area contributed by atoms with Crippen LogP contribution in [0.2, 0.25) is 0 Å². The topological polar surface area (TPSA) is 89.8 Å². The van der Waals surface area contributed by atoms with Crippen LogP contribution in [-0.4, -0.2) is 25.7 Å². The van der Waals surface area contributed by atoms with Crippen LogP contribution in [0.5, 0.6) is 0 Å². The van der Waals surface area contributed by atoms with Gasteiger partial charge in [0.1, 0.15) is 11.0 Å². The van der Waals surface area contributed by atoms with E-state index in [0.29, 0.717) is 11.4 Å². The lowest BCUT2D eigenvalue weighted by atomic mass is 10.2. The Bertz CT molecular complexity index is 1540. The zero-order valence-corrected chi connectivity index (χ0v) is 19.4. The van der Waals surface area contributed by atoms with Crippen molar-refractivity contribution >= 4 is 33.1 Å². The first-order valence-corrected chi connectivity index (χ1v) is 11.6. The summed E-state index contributed by atoms with van der Waals surface area (Å²) in [5.74, 6) is -0.329. The molecule has 5 aromatic rings. The van der Waals surface area contributed by atoms with E-state index in [1.165, 1.54) is 16.3 Å². The van der Waals surface area contributed by atoms with Crippen LogP contribution in [0.1, 0.15) is 18.5 Å². The van der Waals surface area contributed by atoms with Gasteiger partial charge in [0.2, 0.25) is 5.91 Å². The highest BCUT2D eigenvalue weighted by Gasteiger charge is 2.18. The van der Waals surface area contributed by atoms with Crippen LogP contribution >= 0.6 is 11.3 Å². The largest absolute Gasteiger partial charge is 0.324 e. The van der Waals surface area contributed by atoms with Crippen molar-refractivity contribution in [2.45, 2.75) is 19.9 Å². The molecule has 168 valence electrons. The van der Waals surface area contributed by atoms with E-state index in [9.17, 15) is 9.59 Å². The van der Waals surface area contributed by atoms with E-state index in [2.05, 4.69) is 34.5 Å². The van der Waals surface area contributed by atoms with E-state index in [1.807, 2.05) is 30.3 Å². The number of aryl methyl sites for hydroxylation is 1. The lowest BCUT2D eigenvalue weighted by Gasteiger charge is -2.15. The number of amides is 1. The van der Waals surface area contributed by atoms with Crippen molar-refractivity contribution in [3.8, 4) is 21.8 Å². The van der Waals surface area contributed by atoms with E-state index >= 15 is 0 Å². The molecule has 0 saturated carbocycles. The molecule has 0 spiro atoms. The van der Waals surface area contributed by atoms with Crippen molar-refractivity contribution in [3.05, 3.63) is 95.0 Å². The third-order valence-corrected chi connectivity index (χ3v) is 6.56. The summed E-state index contributed by atoms with van der Waals surface area (Å²) in [4.78, 5) is 34.0. The van der Waals surface area contributed by atoms with Crippen molar-refractivity contribution in [2.24, 2.45) is 0 Å². The van der Waals surface area contributed by atoms with Crippen LogP contribution in [0, 0.1) is 6.92 Å². The molecule has 8 heteroatoms. The van der Waals surface area contributed by atoms with Gasteiger partial charge in [-0.15, -0.1) is 11.3 Å². The molecule has 0 aliphatic carbocycles. The fraction of sp³-hybridized carbons (Fsp3) is 0.115. The Balaban J connectivity index is 1.33. The van der Waals surface area contributed by atoms with E-state index in [-0.39, 0.29) is 11.5 Å². The standard InChI is InChI=1S/C26H21N5O2S/c1-16-3-8-22-23(15-16)34-26(29-22)19-4-6-20(7-5-19)28-25(33)17(2)31-24(32)10-9-21(30-31)18-11-13-27-14-12-18/h3-15,17H,1-2H3,(H,28,33). The smallest absolute Gasteiger partial charge is 0.267 e. The SMILES string of the molecule is Cc1ccc2nc(-c3ccc(NC(=O)C(C)n4nc(-c5ccncc5)ccc4=O)cc3)sc2c1. The highest BCUT2D eigenvalue weighted by Crippen LogP contribution is 2.31. The zero-order valence-electron chi connectivity index (χ0n) is 18.6. The van der Waals surface area contributed by atoms with Crippen molar-refractivity contribution in [1.29, 1.82) is 0 Å². The first-order chi connectivity index (χ1) is 16.5. The summed E-state index contributed by atoms with van der Waals surface area (Å²) < 4.78 is 2.34. The first-order valence-electron chi connectivity index (χ1n) is 10.8. The van der Waals surface area contributed by atoms with Crippen LogP contribution < -0.4 is 10.9 Å². The van der Waals surface area contributed by atoms with Gasteiger partial charge < -0.3 is 5.32 Å². The Morgan fingerprint density at radius 1 is 0.971 bits per heavy atom. The minimum absolute atomic E-state index is 0.329. The molecule has 3 aromatic heterocycles. The molecule has 1 N–H and O–H groups in total. The molecule has 1 atom stereocenters. The Labute approximate surface area is 199 Å². The predicted molar refractivity (Wildman–Crippen MR) is 135 cm³/mol. The third-order valence-electron chi connectivity index (χ3n) is 5.49. The van der Waals surface area contributed by atoms with Crippen molar-refractivity contribution in [3.63, 3.8) is 0 Å². The normalized spacial score (nSPS) is 11.9. The van der Waals surface area contributed by atoms with Crippen molar-refractivity contribution < 1.29 is 4.79 Å². The average Bonchev–Trinajstić information content (AvgIpc) is 3.28. The van der Waals surface area contributed by atoms with Gasteiger partial charge >= 0.3 is 0 Å². The van der Waals surface area contributed by atoms with Gasteiger partial charge in [-0.05, 0) is 74.0 Å². The Morgan fingerprint density at radius 3 is 2.50 bits per heavy atom. The van der Waals surface area contributed by atoms with Crippen LogP contribution in [0.3, 0.4) is 0 Å². The summed E-state index contributed by atoms with van der Waals surface area (Å²) in [5, 5.41) is 8.19. The zero-order chi connectivity index (χ0) is 23.7. The van der Waals surface area contributed by atoms with Gasteiger partial charge in [-0.25, -0.2) is 9.67 Å². The highest BCUT2D eigenvalue weighted by atomic mass is 32.1. The lowest BCUT2D eigenvalue weighted by Crippen LogP contribution is -2.33. The molecule has 0 radical (unpaired) electrons. The molecule has 1 unspecified atom stereocenters. The number of carbonyl (C=O) groups excluding carboxylic acids is 1. The number of hydrogen-bond acceptors (Lipinski definition) is 6. The van der Waals surface area contributed by atoms with Gasteiger partial charge in [0, 0.05) is 35.3 Å². The maximum Gasteiger partial charge on any atom is 0.267 e. The molecule has 2 aromatic carbocycles. The molecule has 34 heavy (non-hydrogen) atoms. The Morgan fingerprint density at radius 2 is 1.74 bits per heavy atom. The number of fused-ring (bicyclic) bond motifs is 1. The number of anilines is 1. The van der Waals surface area contributed by atoms with E-state index in [0.717, 1.165) is 26.4 Å². The molecule has 7 nitrogen and oxygen atoms in total. The number of hydrogen-bond donors (Lipinski definition) is 1. The number of benzene rings is 2. The van der Waals surface area contributed by atoms with Crippen LogP contribution in [0.4, 0.5) is 5.69 Å². The minimum atomic E-state index is -0.790. The molecule has 0 aliphatic heterocycles. The number of nitrogens with one attached hydrogen (secondary N) is 1. The summed E-state index contributed by atoms with van der Waals surface area (Å²) in [7, 11) is 0. The Hall–Kier alpha value is -4.17. The fourth-order valence-electron chi connectivity index (χ4n) is 3.59. The number of rotatable bonds is 5. The summed E-state index contributed by atoms with van der Waals surface area (Å²) in [6.45, 7) is 3.72. The predicted octanol–water partition coefficient (Wildman–Crippen LogP) is 5.09. The molecule has 5 rings (SSSR count). The number of pyridine rings is 1. The van der Waals surface area contributed by atoms with Gasteiger partial charge in [0.05, 0.1) is 15.9 Å². The van der Waals surface area contributed by atoms with Gasteiger partial charge in [0.15, 0.2) is 0 Å². The molecule has 0 fully saturated rings. The van der Waals surface area contributed by atoms with Gasteiger partial charge in [-0.3, -0.25) is 14.6 Å². The average molecular weight is 468 g/mol. The van der Waals surface area contributed by atoms with Crippen LogP contribution in [-0.2, 0) is 4.79 Å². The lowest BCUT2D eigenvalue weighted by molar-refractivity contribution is -0.119. The van der Waals surface area contributed by atoms with Crippen LogP contribution in [0.15, 0.2) is 83.9 Å². The van der Waals surface area contributed by atoms with Crippen molar-refractivity contribution in [2.75, 3.05) is 5.32 Å². The quantitative estimate of drug-likeness (QED) is 0.389. The number of nitrogens with zero attached hydrogens (tertiary/aromatic N) is 4. The second-order valence-electron chi connectivity index (χ2n) is 7.97. The number of aromatic nitrogens is 4. The molecule has 0 saturated heterocycles. The Kier molecular flexibility index (Phi) is 5.73. The summed E-state index contributed by atoms with van der Waals surface area (Å²) in [6.07, 6.45) is 3.31. The molecule has 0 aliphatic rings. The molecular formula is C26H21N5O2S. The van der Waals surface area contributed by atoms with Crippen molar-refractivity contribution in [1.82, 2.24) is 19.7 Å². The van der Waals surface area contributed by atoms with E-state index in [1.54, 1.807) is 48.9 Å². The fourth-order valence-corrected chi connectivity index (χ4v) is 4.66. The number of thiazole rings is 1. The maximum absolute atomic E-state index is 12.9. The molecular weight excluding hydrogens is 446 g/mol. The summed E-state index contributed by atoms with van der Waals surface area (Å²) in [5.41, 5.74) is 4.86. The van der Waals surface area contributed by atoms with Gasteiger partial charge in [-0.2, -0.15) is 5.10 Å². The van der Waals surface area contributed by atoms with Gasteiger partial charge in [0.25, 0.3) is 5.56 Å². The highest BCUT2D eigenvalue weighted by molar-refractivity contribution is 7.21. The minimum Gasteiger partial charge on any atom is -0.324 e. The third kappa shape index (κ3) is 4.35. The summed E-state index contributed by atoms with van der Waals surface area (Å²) in [6, 6.07) is 19.6. The van der Waals surface area contributed by atoms with Gasteiger partial charge in [-0.1, -0.05) is 6.07 Å². The monoisotopic (exact) mass is 467 g/mol. The summed E-state index contributed by atoms with van der Waals surface area (Å²) >= 11 is 1.64. The van der Waals surface area contributed by atoms with E-state index in [4.69, 9.17) is 4.98 Å². The molecule has 0 bridgehead atoms. The first kappa shape index (κ1) is 21.7. The second kappa shape index (κ2) is 8.99. The number of carbonyl (C=O) groups is 1. The van der Waals surface area contributed by atoms with E-state index < -0.39 is 6.04 Å². The second-order valence-corrected chi connectivity index (χ2v) is 9.00. The van der Waals surface area contributed by atoms with Crippen LogP contribution in [0.25, 0.3) is 32.0 Å².